The molecule has 0 saturated carbocycles. The summed E-state index contributed by atoms with van der Waals surface area (Å²) >= 11 is 0. The van der Waals surface area contributed by atoms with Crippen LogP contribution in [0.4, 0.5) is 14.6 Å². The van der Waals surface area contributed by atoms with Gasteiger partial charge in [0, 0.05) is 37.0 Å². The van der Waals surface area contributed by atoms with Gasteiger partial charge < -0.3 is 14.7 Å². The van der Waals surface area contributed by atoms with Gasteiger partial charge in [0.25, 0.3) is 12.3 Å². The molecule has 176 valence electrons. The Morgan fingerprint density at radius 2 is 2.12 bits per heavy atom. The normalized spacial score (nSPS) is 23.9. The highest BCUT2D eigenvalue weighted by Crippen LogP contribution is 2.38. The van der Waals surface area contributed by atoms with E-state index in [0.717, 1.165) is 18.5 Å². The van der Waals surface area contributed by atoms with Crippen molar-refractivity contribution in [1.82, 2.24) is 19.8 Å². The molecule has 1 amide bonds. The number of nitrogens with zero attached hydrogens (tertiary/aromatic N) is 4. The number of fused-ring (bicyclic) bond motifs is 1. The number of nitrogens with one attached hydrogen (secondary N) is 1. The van der Waals surface area contributed by atoms with Crippen LogP contribution in [-0.2, 0) is 11.8 Å². The molecule has 9 heteroatoms. The van der Waals surface area contributed by atoms with Gasteiger partial charge in [-0.15, -0.1) is 0 Å². The highest BCUT2D eigenvalue weighted by Gasteiger charge is 2.40. The van der Waals surface area contributed by atoms with Crippen LogP contribution in [0.5, 0.6) is 0 Å². The summed E-state index contributed by atoms with van der Waals surface area (Å²) in [5.74, 6) is 1.25. The summed E-state index contributed by atoms with van der Waals surface area (Å²) in [7, 11) is 0. The SMILES string of the molecule is CCc1onc(C)c1C(=O)N1CCCC([C@@H]2C[C@H](C(F)F)n3nc(C(C)(C)C)cc3N2)C1. The second-order valence-electron chi connectivity index (χ2n) is 10.1. The molecule has 0 spiro atoms. The molecule has 2 aliphatic rings. The van der Waals surface area contributed by atoms with E-state index in [2.05, 4.69) is 15.6 Å². The lowest BCUT2D eigenvalue weighted by molar-refractivity contribution is 0.0503. The molecule has 4 rings (SSSR count). The molecular weight excluding hydrogens is 416 g/mol. The van der Waals surface area contributed by atoms with Crippen LogP contribution in [0.1, 0.15) is 80.5 Å². The number of hydrogen-bond acceptors (Lipinski definition) is 5. The van der Waals surface area contributed by atoms with Crippen LogP contribution in [0.15, 0.2) is 10.6 Å². The number of hydrogen-bond donors (Lipinski definition) is 1. The summed E-state index contributed by atoms with van der Waals surface area (Å²) in [4.78, 5) is 15.1. The molecule has 2 aromatic heterocycles. The van der Waals surface area contributed by atoms with Crippen LogP contribution >= 0.6 is 0 Å². The largest absolute Gasteiger partial charge is 0.367 e. The molecule has 0 aliphatic carbocycles. The third-order valence-corrected chi connectivity index (χ3v) is 6.72. The van der Waals surface area contributed by atoms with Gasteiger partial charge in [0.2, 0.25) is 0 Å². The van der Waals surface area contributed by atoms with E-state index in [1.165, 1.54) is 4.68 Å². The van der Waals surface area contributed by atoms with Crippen molar-refractivity contribution in [3.63, 3.8) is 0 Å². The van der Waals surface area contributed by atoms with Gasteiger partial charge in [-0.3, -0.25) is 4.79 Å². The van der Waals surface area contributed by atoms with Gasteiger partial charge in [-0.2, -0.15) is 5.10 Å². The highest BCUT2D eigenvalue weighted by atomic mass is 19.3. The summed E-state index contributed by atoms with van der Waals surface area (Å²) in [6.07, 6.45) is 0.112. The Hall–Kier alpha value is -2.45. The van der Waals surface area contributed by atoms with E-state index < -0.39 is 12.5 Å². The molecular formula is C23H33F2N5O2. The minimum Gasteiger partial charge on any atom is -0.367 e. The fourth-order valence-electron chi connectivity index (χ4n) is 4.86. The maximum absolute atomic E-state index is 14.0. The van der Waals surface area contributed by atoms with Crippen molar-refractivity contribution in [1.29, 1.82) is 0 Å². The Kier molecular flexibility index (Phi) is 6.02. The van der Waals surface area contributed by atoms with Crippen LogP contribution in [0.2, 0.25) is 0 Å². The van der Waals surface area contributed by atoms with Crippen LogP contribution in [0.3, 0.4) is 0 Å². The van der Waals surface area contributed by atoms with Crippen molar-refractivity contribution in [2.45, 2.75) is 84.2 Å². The zero-order chi connectivity index (χ0) is 23.2. The molecule has 0 aromatic carbocycles. The quantitative estimate of drug-likeness (QED) is 0.739. The van der Waals surface area contributed by atoms with Crippen molar-refractivity contribution >= 4 is 11.7 Å². The summed E-state index contributed by atoms with van der Waals surface area (Å²) in [5, 5.41) is 11.9. The lowest BCUT2D eigenvalue weighted by Crippen LogP contribution is -2.48. The van der Waals surface area contributed by atoms with Crippen LogP contribution in [0, 0.1) is 12.8 Å². The molecule has 2 aromatic rings. The average molecular weight is 450 g/mol. The molecule has 0 radical (unpaired) electrons. The van der Waals surface area contributed by atoms with Gasteiger partial charge in [0.05, 0.1) is 11.4 Å². The minimum atomic E-state index is -2.50. The summed E-state index contributed by atoms with van der Waals surface area (Å²) in [6.45, 7) is 11.0. The zero-order valence-corrected chi connectivity index (χ0v) is 19.5. The molecule has 1 unspecified atom stereocenters. The van der Waals surface area contributed by atoms with Crippen LogP contribution < -0.4 is 5.32 Å². The number of piperidine rings is 1. The number of alkyl halides is 2. The number of rotatable bonds is 4. The molecule has 2 aliphatic heterocycles. The van der Waals surface area contributed by atoms with Crippen molar-refractivity contribution in [2.75, 3.05) is 18.4 Å². The molecule has 1 N–H and O–H groups in total. The predicted molar refractivity (Wildman–Crippen MR) is 117 cm³/mol. The van der Waals surface area contributed by atoms with Crippen molar-refractivity contribution < 1.29 is 18.1 Å². The number of carbonyl (C=O) groups excluding carboxylic acids is 1. The predicted octanol–water partition coefficient (Wildman–Crippen LogP) is 4.58. The van der Waals surface area contributed by atoms with E-state index in [-0.39, 0.29) is 29.7 Å². The fourth-order valence-corrected chi connectivity index (χ4v) is 4.86. The maximum Gasteiger partial charge on any atom is 0.260 e. The lowest BCUT2D eigenvalue weighted by Gasteiger charge is -2.41. The van der Waals surface area contributed by atoms with E-state index in [9.17, 15) is 13.6 Å². The Labute approximate surface area is 187 Å². The number of likely N-dealkylation sites (tertiary alicyclic amines) is 1. The first-order chi connectivity index (χ1) is 15.1. The second kappa shape index (κ2) is 8.48. The van der Waals surface area contributed by atoms with Gasteiger partial charge in [0.1, 0.15) is 23.2 Å². The third-order valence-electron chi connectivity index (χ3n) is 6.72. The number of aromatic nitrogens is 3. The maximum atomic E-state index is 14.0. The number of halogens is 2. The van der Waals surface area contributed by atoms with E-state index in [1.54, 1.807) is 6.92 Å². The average Bonchev–Trinajstić information content (AvgIpc) is 3.35. The third kappa shape index (κ3) is 4.13. The first-order valence-electron chi connectivity index (χ1n) is 11.5. The van der Waals surface area contributed by atoms with Gasteiger partial charge in [-0.25, -0.2) is 13.5 Å². The fraction of sp³-hybridized carbons (Fsp3) is 0.696. The molecule has 1 fully saturated rings. The molecule has 1 saturated heterocycles. The van der Waals surface area contributed by atoms with Gasteiger partial charge >= 0.3 is 0 Å². The van der Waals surface area contributed by atoms with Crippen LogP contribution in [-0.4, -0.2) is 51.3 Å². The van der Waals surface area contributed by atoms with E-state index in [0.29, 0.717) is 42.3 Å². The Morgan fingerprint density at radius 1 is 1.38 bits per heavy atom. The Morgan fingerprint density at radius 3 is 2.78 bits per heavy atom. The number of aryl methyl sites for hydroxylation is 2. The van der Waals surface area contributed by atoms with Crippen molar-refractivity contribution in [2.24, 2.45) is 5.92 Å². The topological polar surface area (TPSA) is 76.2 Å². The summed E-state index contributed by atoms with van der Waals surface area (Å²) in [5.41, 5.74) is 1.71. The molecule has 3 atom stereocenters. The highest BCUT2D eigenvalue weighted by molar-refractivity contribution is 5.96. The minimum absolute atomic E-state index is 0.0772. The van der Waals surface area contributed by atoms with Crippen LogP contribution in [0.25, 0.3) is 0 Å². The van der Waals surface area contributed by atoms with Crippen molar-refractivity contribution in [3.8, 4) is 0 Å². The number of carbonyl (C=O) groups is 1. The number of anilines is 1. The number of amides is 1. The Bertz CT molecular complexity index is 978. The molecule has 32 heavy (non-hydrogen) atoms. The van der Waals surface area contributed by atoms with Gasteiger partial charge in [-0.1, -0.05) is 32.9 Å². The first kappa shape index (κ1) is 22.7. The first-order valence-corrected chi connectivity index (χ1v) is 11.5. The summed E-state index contributed by atoms with van der Waals surface area (Å²) < 4.78 is 34.8. The lowest BCUT2D eigenvalue weighted by atomic mass is 9.85. The standard InChI is InChI=1S/C23H33F2N5O2/c1-6-17-20(13(2)28-32-17)22(31)29-9-7-8-14(12-29)15-10-16(21(24)25)30-19(26-15)11-18(27-30)23(3,4)5/h11,14-16,21,26H,6-10,12H2,1-5H3/t14?,15-,16+/m0/s1. The van der Waals surface area contributed by atoms with E-state index >= 15 is 0 Å². The Balaban J connectivity index is 1.55. The second-order valence-corrected chi connectivity index (χ2v) is 10.1. The monoisotopic (exact) mass is 449 g/mol. The smallest absolute Gasteiger partial charge is 0.260 e. The zero-order valence-electron chi connectivity index (χ0n) is 19.5. The summed E-state index contributed by atoms with van der Waals surface area (Å²) in [6, 6.07) is 0.780. The van der Waals surface area contributed by atoms with Crippen molar-refractivity contribution in [3.05, 3.63) is 28.8 Å². The molecule has 4 heterocycles. The van der Waals surface area contributed by atoms with Gasteiger partial charge in [-0.05, 0) is 32.1 Å². The molecule has 0 bridgehead atoms. The molecule has 7 nitrogen and oxygen atoms in total. The van der Waals surface area contributed by atoms with E-state index in [4.69, 9.17) is 4.52 Å². The van der Waals surface area contributed by atoms with Gasteiger partial charge in [0.15, 0.2) is 0 Å². The van der Waals surface area contributed by atoms with E-state index in [1.807, 2.05) is 38.7 Å².